The maximum atomic E-state index is 13.6. The van der Waals surface area contributed by atoms with E-state index in [0.717, 1.165) is 12.7 Å². The number of ether oxygens (including phenoxy) is 1. The number of carbonyl (C=O) groups is 1. The minimum absolute atomic E-state index is 0.0423. The third kappa shape index (κ3) is 2.33. The number of benzene rings is 1. The van der Waals surface area contributed by atoms with Gasteiger partial charge in [-0.25, -0.2) is 9.18 Å². The molecule has 1 rings (SSSR count). The van der Waals surface area contributed by atoms with Crippen molar-refractivity contribution in [3.63, 3.8) is 0 Å². The predicted octanol–water partition coefficient (Wildman–Crippen LogP) is 1.65. The van der Waals surface area contributed by atoms with Crippen LogP contribution in [0.2, 0.25) is 0 Å². The Morgan fingerprint density at radius 2 is 2.07 bits per heavy atom. The summed E-state index contributed by atoms with van der Waals surface area (Å²) in [6.07, 6.45) is -1.56. The summed E-state index contributed by atoms with van der Waals surface area (Å²) in [5, 5.41) is 9.50. The Morgan fingerprint density at radius 3 is 2.60 bits per heavy atom. The summed E-state index contributed by atoms with van der Waals surface area (Å²) in [6.45, 7) is 3.34. The smallest absolute Gasteiger partial charge is 0.339 e. The Hall–Kier alpha value is -1.42. The van der Waals surface area contributed by atoms with E-state index in [-0.39, 0.29) is 5.56 Å². The first-order valence-corrected chi connectivity index (χ1v) is 4.50. The molecule has 0 fully saturated rings. The van der Waals surface area contributed by atoms with Crippen molar-refractivity contribution in [2.24, 2.45) is 0 Å². The fourth-order valence-corrected chi connectivity index (χ4v) is 1.42. The van der Waals surface area contributed by atoms with Crippen LogP contribution in [0.5, 0.6) is 0 Å². The number of hydrogen-bond donors (Lipinski definition) is 1. The van der Waals surface area contributed by atoms with Crippen molar-refractivity contribution in [3.05, 3.63) is 34.6 Å². The number of hydrogen-bond acceptors (Lipinski definition) is 3. The molecule has 1 atom stereocenters. The number of carbonyl (C=O) groups excluding carboxylic acids is 1. The summed E-state index contributed by atoms with van der Waals surface area (Å²) in [7, 11) is 1.14. The first kappa shape index (κ1) is 11.7. The Kier molecular flexibility index (Phi) is 3.42. The van der Waals surface area contributed by atoms with E-state index >= 15 is 0 Å². The number of aliphatic hydroxyl groups excluding tert-OH is 1. The van der Waals surface area contributed by atoms with Crippen LogP contribution < -0.4 is 0 Å². The monoisotopic (exact) mass is 212 g/mol. The molecule has 0 aliphatic heterocycles. The van der Waals surface area contributed by atoms with Crippen LogP contribution in [0, 0.1) is 19.7 Å². The van der Waals surface area contributed by atoms with Gasteiger partial charge < -0.3 is 9.84 Å². The lowest BCUT2D eigenvalue weighted by molar-refractivity contribution is -0.150. The summed E-state index contributed by atoms with van der Waals surface area (Å²) >= 11 is 0. The SMILES string of the molecule is COC(=O)C(O)c1cc(C)cc(C)c1F. The molecular formula is C11H13FO3. The molecule has 82 valence electrons. The predicted molar refractivity (Wildman–Crippen MR) is 52.8 cm³/mol. The van der Waals surface area contributed by atoms with Crippen LogP contribution in [-0.2, 0) is 9.53 Å². The zero-order valence-corrected chi connectivity index (χ0v) is 8.87. The van der Waals surface area contributed by atoms with Crippen LogP contribution in [0.3, 0.4) is 0 Å². The Bertz CT molecular complexity index is 388. The van der Waals surface area contributed by atoms with Crippen molar-refractivity contribution in [3.8, 4) is 0 Å². The molecule has 1 aromatic carbocycles. The number of methoxy groups -OCH3 is 1. The lowest BCUT2D eigenvalue weighted by Gasteiger charge is -2.12. The lowest BCUT2D eigenvalue weighted by Crippen LogP contribution is -2.15. The zero-order chi connectivity index (χ0) is 11.6. The van der Waals surface area contributed by atoms with Gasteiger partial charge in [0, 0.05) is 5.56 Å². The highest BCUT2D eigenvalue weighted by Crippen LogP contribution is 2.22. The van der Waals surface area contributed by atoms with Crippen LogP contribution >= 0.6 is 0 Å². The highest BCUT2D eigenvalue weighted by Gasteiger charge is 2.22. The number of aliphatic hydroxyl groups is 1. The Balaban J connectivity index is 3.19. The summed E-state index contributed by atoms with van der Waals surface area (Å²) in [5.41, 5.74) is 1.14. The van der Waals surface area contributed by atoms with E-state index in [1.807, 2.05) is 0 Å². The molecule has 0 heterocycles. The van der Waals surface area contributed by atoms with Crippen molar-refractivity contribution >= 4 is 5.97 Å². The second-order valence-electron chi connectivity index (χ2n) is 3.41. The lowest BCUT2D eigenvalue weighted by atomic mass is 10.0. The first-order valence-electron chi connectivity index (χ1n) is 4.50. The topological polar surface area (TPSA) is 46.5 Å². The van der Waals surface area contributed by atoms with Gasteiger partial charge in [0.2, 0.25) is 0 Å². The van der Waals surface area contributed by atoms with Gasteiger partial charge in [-0.15, -0.1) is 0 Å². The molecule has 0 aliphatic rings. The average molecular weight is 212 g/mol. The first-order chi connectivity index (χ1) is 6.97. The van der Waals surface area contributed by atoms with Crippen LogP contribution in [0.25, 0.3) is 0 Å². The maximum absolute atomic E-state index is 13.6. The van der Waals surface area contributed by atoms with E-state index in [2.05, 4.69) is 4.74 Å². The molecule has 4 heteroatoms. The van der Waals surface area contributed by atoms with Crippen molar-refractivity contribution in [1.82, 2.24) is 0 Å². The molecule has 0 aromatic heterocycles. The highest BCUT2D eigenvalue weighted by molar-refractivity contribution is 5.76. The zero-order valence-electron chi connectivity index (χ0n) is 8.87. The van der Waals surface area contributed by atoms with Gasteiger partial charge in [-0.2, -0.15) is 0 Å². The average Bonchev–Trinajstić information content (AvgIpc) is 2.21. The Labute approximate surface area is 87.5 Å². The molecule has 1 unspecified atom stereocenters. The Morgan fingerprint density at radius 1 is 1.47 bits per heavy atom. The van der Waals surface area contributed by atoms with E-state index in [1.165, 1.54) is 6.07 Å². The minimum Gasteiger partial charge on any atom is -0.467 e. The molecule has 0 amide bonds. The van der Waals surface area contributed by atoms with Crippen molar-refractivity contribution in [2.45, 2.75) is 20.0 Å². The van der Waals surface area contributed by atoms with Gasteiger partial charge in [-0.1, -0.05) is 11.6 Å². The fraction of sp³-hybridized carbons (Fsp3) is 0.364. The molecule has 15 heavy (non-hydrogen) atoms. The van der Waals surface area contributed by atoms with Crippen molar-refractivity contribution in [2.75, 3.05) is 7.11 Å². The van der Waals surface area contributed by atoms with E-state index in [4.69, 9.17) is 0 Å². The summed E-state index contributed by atoms with van der Waals surface area (Å²) in [6, 6.07) is 3.08. The molecule has 1 aromatic rings. The third-order valence-electron chi connectivity index (χ3n) is 2.15. The van der Waals surface area contributed by atoms with E-state index in [9.17, 15) is 14.3 Å². The molecule has 0 aliphatic carbocycles. The quantitative estimate of drug-likeness (QED) is 0.758. The van der Waals surface area contributed by atoms with Gasteiger partial charge in [0.1, 0.15) is 5.82 Å². The van der Waals surface area contributed by atoms with E-state index in [1.54, 1.807) is 19.9 Å². The van der Waals surface area contributed by atoms with Gasteiger partial charge in [0.15, 0.2) is 6.10 Å². The molecule has 0 saturated heterocycles. The highest BCUT2D eigenvalue weighted by atomic mass is 19.1. The van der Waals surface area contributed by atoms with E-state index < -0.39 is 17.9 Å². The molecule has 0 spiro atoms. The standard InChI is InChI=1S/C11H13FO3/c1-6-4-7(2)9(12)8(5-6)10(13)11(14)15-3/h4-5,10,13H,1-3H3. The minimum atomic E-state index is -1.56. The number of esters is 1. The largest absolute Gasteiger partial charge is 0.467 e. The van der Waals surface area contributed by atoms with Gasteiger partial charge in [0.05, 0.1) is 7.11 Å². The van der Waals surface area contributed by atoms with Crippen LogP contribution in [0.1, 0.15) is 22.8 Å². The normalized spacial score (nSPS) is 12.3. The molecule has 0 saturated carbocycles. The number of halogens is 1. The number of rotatable bonds is 2. The number of aryl methyl sites for hydroxylation is 2. The van der Waals surface area contributed by atoms with Crippen LogP contribution in [0.4, 0.5) is 4.39 Å². The third-order valence-corrected chi connectivity index (χ3v) is 2.15. The second-order valence-corrected chi connectivity index (χ2v) is 3.41. The summed E-state index contributed by atoms with van der Waals surface area (Å²) in [4.78, 5) is 11.0. The summed E-state index contributed by atoms with van der Waals surface area (Å²) in [5.74, 6) is -1.43. The fourth-order valence-electron chi connectivity index (χ4n) is 1.42. The van der Waals surface area contributed by atoms with Crippen LogP contribution in [0.15, 0.2) is 12.1 Å². The van der Waals surface area contributed by atoms with Gasteiger partial charge in [-0.3, -0.25) is 0 Å². The molecular weight excluding hydrogens is 199 g/mol. The van der Waals surface area contributed by atoms with Crippen molar-refractivity contribution < 1.29 is 19.0 Å². The van der Waals surface area contributed by atoms with Crippen molar-refractivity contribution in [1.29, 1.82) is 0 Å². The molecule has 0 radical (unpaired) electrons. The second kappa shape index (κ2) is 4.40. The maximum Gasteiger partial charge on any atom is 0.339 e. The molecule has 0 bridgehead atoms. The van der Waals surface area contributed by atoms with E-state index in [0.29, 0.717) is 5.56 Å². The summed E-state index contributed by atoms with van der Waals surface area (Å²) < 4.78 is 17.9. The molecule has 1 N–H and O–H groups in total. The van der Waals surface area contributed by atoms with Gasteiger partial charge >= 0.3 is 5.97 Å². The van der Waals surface area contributed by atoms with Gasteiger partial charge in [0.25, 0.3) is 0 Å². The van der Waals surface area contributed by atoms with Gasteiger partial charge in [-0.05, 0) is 25.5 Å². The van der Waals surface area contributed by atoms with Crippen LogP contribution in [-0.4, -0.2) is 18.2 Å². The molecule has 3 nitrogen and oxygen atoms in total.